The Kier molecular flexibility index (Phi) is 5.63. The number of ether oxygens (including phenoxy) is 1. The Morgan fingerprint density at radius 1 is 0.867 bits per heavy atom. The molecule has 0 radical (unpaired) electrons. The van der Waals surface area contributed by atoms with Crippen LogP contribution in [0, 0.1) is 27.7 Å². The third kappa shape index (κ3) is 3.97. The second-order valence-electron chi connectivity index (χ2n) is 8.25. The fourth-order valence-electron chi connectivity index (χ4n) is 4.30. The van der Waals surface area contributed by atoms with Gasteiger partial charge >= 0.3 is 0 Å². The number of nitrogens with zero attached hydrogens (tertiary/aromatic N) is 2. The number of aryl methyl sites for hydroxylation is 4. The third-order valence-electron chi connectivity index (χ3n) is 5.77. The van der Waals surface area contributed by atoms with Crippen LogP contribution in [0.5, 0.6) is 5.75 Å². The predicted octanol–water partition coefficient (Wildman–Crippen LogP) is 6.85. The zero-order valence-electron chi connectivity index (χ0n) is 18.6. The molecule has 154 valence electrons. The zero-order chi connectivity index (χ0) is 21.3. The van der Waals surface area contributed by atoms with Gasteiger partial charge in [-0.25, -0.2) is 4.98 Å². The van der Waals surface area contributed by atoms with Gasteiger partial charge in [-0.2, -0.15) is 0 Å². The fraction of sp³-hybridized carbons (Fsp3) is 0.296. The fourth-order valence-corrected chi connectivity index (χ4v) is 4.30. The summed E-state index contributed by atoms with van der Waals surface area (Å²) >= 11 is 0. The minimum absolute atomic E-state index is 0.106. The highest BCUT2D eigenvalue weighted by Gasteiger charge is 2.21. The maximum atomic E-state index is 6.43. The molecular formula is C27H30N2O. The molecule has 4 aromatic rings. The first-order valence-electron chi connectivity index (χ1n) is 10.7. The van der Waals surface area contributed by atoms with Gasteiger partial charge in [-0.05, 0) is 80.6 Å². The standard InChI is InChI=1S/C27H30N2O/c1-6-26(30-22-11-9-10-18(2)16-22)27-28-24-12-7-8-13-25(24)29(27)17-23-20(4)14-19(3)15-21(23)5/h7-16,26H,6,17H2,1-5H3. The van der Waals surface area contributed by atoms with Crippen LogP contribution >= 0.6 is 0 Å². The topological polar surface area (TPSA) is 27.1 Å². The van der Waals surface area contributed by atoms with Gasteiger partial charge in [-0.3, -0.25) is 0 Å². The van der Waals surface area contributed by atoms with E-state index < -0.39 is 0 Å². The molecule has 0 saturated carbocycles. The van der Waals surface area contributed by atoms with Crippen LogP contribution < -0.4 is 4.74 Å². The number of fused-ring (bicyclic) bond motifs is 1. The first-order valence-corrected chi connectivity index (χ1v) is 10.7. The van der Waals surface area contributed by atoms with Crippen molar-refractivity contribution in [1.82, 2.24) is 9.55 Å². The van der Waals surface area contributed by atoms with Crippen molar-refractivity contribution < 1.29 is 4.74 Å². The van der Waals surface area contributed by atoms with E-state index >= 15 is 0 Å². The molecule has 0 bridgehead atoms. The largest absolute Gasteiger partial charge is 0.483 e. The van der Waals surface area contributed by atoms with Crippen LogP contribution in [0.3, 0.4) is 0 Å². The molecule has 0 spiro atoms. The van der Waals surface area contributed by atoms with Crippen LogP contribution in [-0.2, 0) is 6.54 Å². The molecule has 0 aliphatic rings. The zero-order valence-corrected chi connectivity index (χ0v) is 18.6. The average Bonchev–Trinajstić information content (AvgIpc) is 3.07. The van der Waals surface area contributed by atoms with Gasteiger partial charge < -0.3 is 9.30 Å². The maximum absolute atomic E-state index is 6.43. The Morgan fingerprint density at radius 3 is 2.30 bits per heavy atom. The summed E-state index contributed by atoms with van der Waals surface area (Å²) in [5.41, 5.74) is 8.67. The molecule has 3 heteroatoms. The Morgan fingerprint density at radius 2 is 1.60 bits per heavy atom. The normalized spacial score (nSPS) is 12.3. The summed E-state index contributed by atoms with van der Waals surface area (Å²) in [7, 11) is 0. The average molecular weight is 399 g/mol. The third-order valence-corrected chi connectivity index (χ3v) is 5.77. The molecular weight excluding hydrogens is 368 g/mol. The van der Waals surface area contributed by atoms with Crippen molar-refractivity contribution in [3.05, 3.63) is 94.3 Å². The summed E-state index contributed by atoms with van der Waals surface area (Å²) in [6.07, 6.45) is 0.744. The quantitative estimate of drug-likeness (QED) is 0.355. The predicted molar refractivity (Wildman–Crippen MR) is 124 cm³/mol. The Hall–Kier alpha value is -3.07. The molecule has 1 aromatic heterocycles. The smallest absolute Gasteiger partial charge is 0.156 e. The summed E-state index contributed by atoms with van der Waals surface area (Å²) < 4.78 is 8.77. The van der Waals surface area contributed by atoms with Crippen molar-refractivity contribution >= 4 is 11.0 Å². The van der Waals surface area contributed by atoms with Gasteiger partial charge in [-0.15, -0.1) is 0 Å². The van der Waals surface area contributed by atoms with E-state index in [0.717, 1.165) is 35.6 Å². The number of rotatable bonds is 6. The summed E-state index contributed by atoms with van der Waals surface area (Å²) in [5.74, 6) is 1.88. The van der Waals surface area contributed by atoms with Gasteiger partial charge in [0.25, 0.3) is 0 Å². The highest BCUT2D eigenvalue weighted by Crippen LogP contribution is 2.30. The monoisotopic (exact) mass is 398 g/mol. The van der Waals surface area contributed by atoms with Crippen molar-refractivity contribution in [1.29, 1.82) is 0 Å². The molecule has 0 aliphatic carbocycles. The van der Waals surface area contributed by atoms with Gasteiger partial charge in [0.1, 0.15) is 5.75 Å². The molecule has 0 saturated heterocycles. The number of para-hydroxylation sites is 2. The number of hydrogen-bond donors (Lipinski definition) is 0. The lowest BCUT2D eigenvalue weighted by molar-refractivity contribution is 0.187. The molecule has 1 atom stereocenters. The van der Waals surface area contributed by atoms with Crippen LogP contribution in [0.15, 0.2) is 60.7 Å². The molecule has 30 heavy (non-hydrogen) atoms. The Bertz CT molecular complexity index is 1170. The van der Waals surface area contributed by atoms with Crippen LogP contribution in [0.25, 0.3) is 11.0 Å². The molecule has 4 rings (SSSR count). The van der Waals surface area contributed by atoms with Gasteiger partial charge in [0.05, 0.1) is 11.0 Å². The van der Waals surface area contributed by atoms with Gasteiger partial charge in [-0.1, -0.05) is 48.9 Å². The molecule has 0 N–H and O–H groups in total. The van der Waals surface area contributed by atoms with E-state index in [1.54, 1.807) is 0 Å². The van der Waals surface area contributed by atoms with E-state index in [2.05, 4.69) is 81.7 Å². The number of hydrogen-bond acceptors (Lipinski definition) is 2. The molecule has 0 aliphatic heterocycles. The lowest BCUT2D eigenvalue weighted by atomic mass is 9.99. The first-order chi connectivity index (χ1) is 14.5. The maximum Gasteiger partial charge on any atom is 0.156 e. The lowest BCUT2D eigenvalue weighted by Gasteiger charge is -2.21. The first kappa shape index (κ1) is 20.2. The SMILES string of the molecule is CCC(Oc1cccc(C)c1)c1nc2ccccc2n1Cc1c(C)cc(C)cc1C. The van der Waals surface area contributed by atoms with E-state index in [1.807, 2.05) is 18.2 Å². The summed E-state index contributed by atoms with van der Waals surface area (Å²) in [4.78, 5) is 5.01. The van der Waals surface area contributed by atoms with Crippen molar-refractivity contribution in [2.75, 3.05) is 0 Å². The highest BCUT2D eigenvalue weighted by molar-refractivity contribution is 5.76. The number of benzene rings is 3. The van der Waals surface area contributed by atoms with Crippen LogP contribution in [0.1, 0.15) is 53.1 Å². The van der Waals surface area contributed by atoms with Crippen LogP contribution in [-0.4, -0.2) is 9.55 Å². The second-order valence-corrected chi connectivity index (χ2v) is 8.25. The van der Waals surface area contributed by atoms with Crippen molar-refractivity contribution in [2.24, 2.45) is 0 Å². The van der Waals surface area contributed by atoms with Crippen LogP contribution in [0.4, 0.5) is 0 Å². The van der Waals surface area contributed by atoms with Gasteiger partial charge in [0.2, 0.25) is 0 Å². The summed E-state index contributed by atoms with van der Waals surface area (Å²) in [6, 6.07) is 21.2. The van der Waals surface area contributed by atoms with E-state index in [-0.39, 0.29) is 6.10 Å². The molecule has 3 nitrogen and oxygen atoms in total. The van der Waals surface area contributed by atoms with Gasteiger partial charge in [0.15, 0.2) is 11.9 Å². The highest BCUT2D eigenvalue weighted by atomic mass is 16.5. The minimum atomic E-state index is -0.106. The molecule has 1 heterocycles. The lowest BCUT2D eigenvalue weighted by Crippen LogP contribution is -2.15. The van der Waals surface area contributed by atoms with Crippen molar-refractivity contribution in [2.45, 2.75) is 53.7 Å². The number of imidazole rings is 1. The summed E-state index contributed by atoms with van der Waals surface area (Å²) in [5, 5.41) is 0. The van der Waals surface area contributed by atoms with Crippen molar-refractivity contribution in [3.63, 3.8) is 0 Å². The van der Waals surface area contributed by atoms with E-state index in [0.29, 0.717) is 0 Å². The van der Waals surface area contributed by atoms with Crippen LogP contribution in [0.2, 0.25) is 0 Å². The molecule has 0 amide bonds. The molecule has 3 aromatic carbocycles. The molecule has 0 fully saturated rings. The van der Waals surface area contributed by atoms with Crippen molar-refractivity contribution in [3.8, 4) is 5.75 Å². The Labute approximate surface area is 179 Å². The van der Waals surface area contributed by atoms with E-state index in [4.69, 9.17) is 9.72 Å². The number of aromatic nitrogens is 2. The van der Waals surface area contributed by atoms with E-state index in [9.17, 15) is 0 Å². The minimum Gasteiger partial charge on any atom is -0.483 e. The molecule has 1 unspecified atom stereocenters. The van der Waals surface area contributed by atoms with E-state index in [1.165, 1.54) is 27.8 Å². The second kappa shape index (κ2) is 8.35. The summed E-state index contributed by atoms with van der Waals surface area (Å²) in [6.45, 7) is 11.6. The van der Waals surface area contributed by atoms with Gasteiger partial charge in [0, 0.05) is 6.54 Å². The Balaban J connectivity index is 1.80.